The van der Waals surface area contributed by atoms with Crippen LogP contribution in [0.5, 0.6) is 0 Å². The monoisotopic (exact) mass is 272 g/mol. The van der Waals surface area contributed by atoms with Crippen LogP contribution in [0.4, 0.5) is 5.69 Å². The topological polar surface area (TPSA) is 80.1 Å². The predicted octanol–water partition coefficient (Wildman–Crippen LogP) is 1.82. The van der Waals surface area contributed by atoms with Crippen molar-refractivity contribution in [2.24, 2.45) is 0 Å². The van der Waals surface area contributed by atoms with Gasteiger partial charge in [0.05, 0.1) is 6.04 Å². The summed E-state index contributed by atoms with van der Waals surface area (Å²) in [6, 6.07) is 7.27. The Kier molecular flexibility index (Phi) is 3.73. The molecule has 6 heteroatoms. The van der Waals surface area contributed by atoms with Crippen LogP contribution in [-0.2, 0) is 4.79 Å². The number of carbonyl (C=O) groups excluding carboxylic acids is 1. The Balaban J connectivity index is 1.64. The van der Waals surface area contributed by atoms with Gasteiger partial charge in [0.1, 0.15) is 0 Å². The minimum absolute atomic E-state index is 0.0234. The van der Waals surface area contributed by atoms with E-state index < -0.39 is 0 Å². The van der Waals surface area contributed by atoms with Gasteiger partial charge in [-0.05, 0) is 43.7 Å². The molecule has 1 aliphatic rings. The summed E-state index contributed by atoms with van der Waals surface area (Å²) in [5.74, 6) is 0.493. The number of amides is 1. The molecule has 0 bridgehead atoms. The number of piperidine rings is 1. The number of rotatable bonds is 3. The van der Waals surface area contributed by atoms with Crippen molar-refractivity contribution in [1.82, 2.24) is 15.5 Å². The number of anilines is 1. The summed E-state index contributed by atoms with van der Waals surface area (Å²) in [6.45, 7) is 0.911. The largest absolute Gasteiger partial charge is 0.423 e. The van der Waals surface area contributed by atoms with Gasteiger partial charge in [-0.2, -0.15) is 0 Å². The molecule has 2 heterocycles. The number of carbonyl (C=O) groups is 1. The molecule has 0 spiro atoms. The minimum atomic E-state index is -0.0839. The van der Waals surface area contributed by atoms with Crippen molar-refractivity contribution >= 4 is 11.6 Å². The van der Waals surface area contributed by atoms with Crippen LogP contribution in [0.15, 0.2) is 35.1 Å². The molecule has 2 N–H and O–H groups in total. The van der Waals surface area contributed by atoms with Gasteiger partial charge in [-0.1, -0.05) is 6.42 Å². The number of hydrogen-bond acceptors (Lipinski definition) is 5. The zero-order valence-corrected chi connectivity index (χ0v) is 11.0. The quantitative estimate of drug-likeness (QED) is 0.890. The molecule has 1 aliphatic heterocycles. The number of benzene rings is 1. The van der Waals surface area contributed by atoms with Crippen molar-refractivity contribution < 1.29 is 9.21 Å². The van der Waals surface area contributed by atoms with Gasteiger partial charge >= 0.3 is 0 Å². The molecule has 1 amide bonds. The number of nitrogens with one attached hydrogen (secondary N) is 2. The standard InChI is InChI=1S/C14H16N4O2/c19-13(12-3-1-2-8-15-12)17-11-6-4-10(5-7-11)14-18-16-9-20-14/h4-7,9,12,15H,1-3,8H2,(H,17,19)/t12-/m1/s1. The SMILES string of the molecule is O=C(Nc1ccc(-c2nnco2)cc1)[C@H]1CCCCN1. The van der Waals surface area contributed by atoms with Crippen LogP contribution in [0, 0.1) is 0 Å². The second kappa shape index (κ2) is 5.83. The van der Waals surface area contributed by atoms with Crippen LogP contribution in [0.25, 0.3) is 11.5 Å². The van der Waals surface area contributed by atoms with E-state index in [9.17, 15) is 4.79 Å². The maximum absolute atomic E-state index is 12.1. The summed E-state index contributed by atoms with van der Waals surface area (Å²) in [6.07, 6.45) is 4.43. The van der Waals surface area contributed by atoms with Gasteiger partial charge in [0.15, 0.2) is 0 Å². The van der Waals surface area contributed by atoms with Crippen LogP contribution in [-0.4, -0.2) is 28.7 Å². The minimum Gasteiger partial charge on any atom is -0.423 e. The average molecular weight is 272 g/mol. The second-order valence-electron chi connectivity index (χ2n) is 4.81. The lowest BCUT2D eigenvalue weighted by Gasteiger charge is -2.22. The van der Waals surface area contributed by atoms with Gasteiger partial charge in [0.2, 0.25) is 18.2 Å². The molecular weight excluding hydrogens is 256 g/mol. The molecule has 1 fully saturated rings. The molecule has 1 saturated heterocycles. The van der Waals surface area contributed by atoms with Gasteiger partial charge in [0.25, 0.3) is 0 Å². The van der Waals surface area contributed by atoms with E-state index in [0.29, 0.717) is 5.89 Å². The Morgan fingerprint density at radius 1 is 1.30 bits per heavy atom. The molecule has 104 valence electrons. The molecule has 0 radical (unpaired) electrons. The Morgan fingerprint density at radius 2 is 2.15 bits per heavy atom. The molecule has 0 aliphatic carbocycles. The third kappa shape index (κ3) is 2.85. The highest BCUT2D eigenvalue weighted by molar-refractivity contribution is 5.95. The van der Waals surface area contributed by atoms with E-state index in [1.165, 1.54) is 6.39 Å². The third-order valence-corrected chi connectivity index (χ3v) is 3.39. The molecule has 1 atom stereocenters. The molecule has 0 saturated carbocycles. The lowest BCUT2D eigenvalue weighted by Crippen LogP contribution is -2.43. The van der Waals surface area contributed by atoms with Crippen molar-refractivity contribution in [2.75, 3.05) is 11.9 Å². The molecular formula is C14H16N4O2. The molecule has 1 aromatic heterocycles. The van der Waals surface area contributed by atoms with E-state index in [2.05, 4.69) is 20.8 Å². The second-order valence-corrected chi connectivity index (χ2v) is 4.81. The first-order valence-electron chi connectivity index (χ1n) is 6.74. The van der Waals surface area contributed by atoms with Gasteiger partial charge in [-0.3, -0.25) is 4.79 Å². The lowest BCUT2D eigenvalue weighted by atomic mass is 10.0. The first-order chi connectivity index (χ1) is 9.83. The highest BCUT2D eigenvalue weighted by atomic mass is 16.4. The summed E-state index contributed by atoms with van der Waals surface area (Å²) in [5, 5.41) is 13.6. The van der Waals surface area contributed by atoms with Crippen LogP contribution < -0.4 is 10.6 Å². The third-order valence-electron chi connectivity index (χ3n) is 3.39. The summed E-state index contributed by atoms with van der Waals surface area (Å²) < 4.78 is 5.12. The van der Waals surface area contributed by atoms with E-state index >= 15 is 0 Å². The maximum Gasteiger partial charge on any atom is 0.247 e. The molecule has 3 rings (SSSR count). The van der Waals surface area contributed by atoms with Crippen LogP contribution in [0.1, 0.15) is 19.3 Å². The summed E-state index contributed by atoms with van der Waals surface area (Å²) in [4.78, 5) is 12.1. The van der Waals surface area contributed by atoms with Crippen molar-refractivity contribution in [3.8, 4) is 11.5 Å². The van der Waals surface area contributed by atoms with Crippen molar-refractivity contribution in [3.63, 3.8) is 0 Å². The van der Waals surface area contributed by atoms with Crippen LogP contribution in [0.2, 0.25) is 0 Å². The van der Waals surface area contributed by atoms with Gasteiger partial charge in [-0.25, -0.2) is 0 Å². The number of aromatic nitrogens is 2. The first kappa shape index (κ1) is 12.8. The highest BCUT2D eigenvalue weighted by Gasteiger charge is 2.20. The van der Waals surface area contributed by atoms with Crippen LogP contribution in [0.3, 0.4) is 0 Å². The Bertz CT molecular complexity index is 559. The number of nitrogens with zero attached hydrogens (tertiary/aromatic N) is 2. The first-order valence-corrected chi connectivity index (χ1v) is 6.74. The number of hydrogen-bond donors (Lipinski definition) is 2. The Labute approximate surface area is 116 Å². The van der Waals surface area contributed by atoms with E-state index in [1.54, 1.807) is 0 Å². The molecule has 0 unspecified atom stereocenters. The van der Waals surface area contributed by atoms with E-state index in [0.717, 1.165) is 37.1 Å². The zero-order chi connectivity index (χ0) is 13.8. The molecule has 6 nitrogen and oxygen atoms in total. The Morgan fingerprint density at radius 3 is 2.80 bits per heavy atom. The van der Waals surface area contributed by atoms with Gasteiger partial charge in [-0.15, -0.1) is 10.2 Å². The van der Waals surface area contributed by atoms with Crippen molar-refractivity contribution in [1.29, 1.82) is 0 Å². The predicted molar refractivity (Wildman–Crippen MR) is 74.0 cm³/mol. The average Bonchev–Trinajstić information content (AvgIpc) is 3.03. The molecule has 1 aromatic carbocycles. The molecule has 20 heavy (non-hydrogen) atoms. The van der Waals surface area contributed by atoms with Gasteiger partial charge < -0.3 is 15.1 Å². The highest BCUT2D eigenvalue weighted by Crippen LogP contribution is 2.19. The fraction of sp³-hybridized carbons (Fsp3) is 0.357. The molecule has 2 aromatic rings. The lowest BCUT2D eigenvalue weighted by molar-refractivity contribution is -0.118. The van der Waals surface area contributed by atoms with Crippen LogP contribution >= 0.6 is 0 Å². The van der Waals surface area contributed by atoms with E-state index in [1.807, 2.05) is 24.3 Å². The fourth-order valence-corrected chi connectivity index (χ4v) is 2.30. The van der Waals surface area contributed by atoms with E-state index in [-0.39, 0.29) is 11.9 Å². The van der Waals surface area contributed by atoms with Crippen molar-refractivity contribution in [2.45, 2.75) is 25.3 Å². The van der Waals surface area contributed by atoms with Gasteiger partial charge in [0, 0.05) is 11.3 Å². The summed E-state index contributed by atoms with van der Waals surface area (Å²) in [7, 11) is 0. The Hall–Kier alpha value is -2.21. The van der Waals surface area contributed by atoms with E-state index in [4.69, 9.17) is 4.42 Å². The zero-order valence-electron chi connectivity index (χ0n) is 11.0. The normalized spacial score (nSPS) is 18.7. The summed E-state index contributed by atoms with van der Waals surface area (Å²) >= 11 is 0. The van der Waals surface area contributed by atoms with Crippen molar-refractivity contribution in [3.05, 3.63) is 30.7 Å². The smallest absolute Gasteiger partial charge is 0.247 e. The summed E-state index contributed by atoms with van der Waals surface area (Å²) in [5.41, 5.74) is 1.60. The maximum atomic E-state index is 12.1. The fourth-order valence-electron chi connectivity index (χ4n) is 2.30.